The molecular formula is C45H29N5. The van der Waals surface area contributed by atoms with Gasteiger partial charge in [0.25, 0.3) is 0 Å². The summed E-state index contributed by atoms with van der Waals surface area (Å²) in [5, 5.41) is 4.68. The summed E-state index contributed by atoms with van der Waals surface area (Å²) in [6.45, 7) is 0. The molecule has 50 heavy (non-hydrogen) atoms. The molecule has 0 amide bonds. The van der Waals surface area contributed by atoms with Crippen LogP contribution >= 0.6 is 0 Å². The number of aromatic nitrogens is 5. The van der Waals surface area contributed by atoms with Gasteiger partial charge in [0.05, 0.1) is 22.2 Å². The summed E-state index contributed by atoms with van der Waals surface area (Å²) in [4.78, 5) is 15.0. The minimum absolute atomic E-state index is 0.695. The molecule has 0 fully saturated rings. The van der Waals surface area contributed by atoms with Crippen molar-refractivity contribution in [1.29, 1.82) is 0 Å². The maximum absolute atomic E-state index is 5.19. The summed E-state index contributed by atoms with van der Waals surface area (Å²) < 4.78 is 4.54. The molecule has 4 aromatic heterocycles. The summed E-state index contributed by atoms with van der Waals surface area (Å²) in [7, 11) is 0. The van der Waals surface area contributed by atoms with Gasteiger partial charge in [-0.25, -0.2) is 15.0 Å². The van der Waals surface area contributed by atoms with Crippen LogP contribution < -0.4 is 0 Å². The van der Waals surface area contributed by atoms with E-state index >= 15 is 0 Å². The molecule has 0 N–H and O–H groups in total. The van der Waals surface area contributed by atoms with Crippen LogP contribution in [-0.2, 0) is 0 Å². The van der Waals surface area contributed by atoms with E-state index in [1.54, 1.807) is 0 Å². The second-order valence-electron chi connectivity index (χ2n) is 12.5. The number of nitrogens with zero attached hydrogens (tertiary/aromatic N) is 5. The summed E-state index contributed by atoms with van der Waals surface area (Å²) in [6.07, 6.45) is 1.87. The van der Waals surface area contributed by atoms with E-state index in [0.717, 1.165) is 67.0 Å². The largest absolute Gasteiger partial charge is 0.294 e. The molecule has 0 bridgehead atoms. The number of rotatable bonds is 5. The van der Waals surface area contributed by atoms with Crippen molar-refractivity contribution in [3.63, 3.8) is 0 Å². The molecule has 0 aliphatic heterocycles. The Balaban J connectivity index is 1.18. The predicted molar refractivity (Wildman–Crippen MR) is 205 cm³/mol. The highest BCUT2D eigenvalue weighted by molar-refractivity contribution is 6.12. The summed E-state index contributed by atoms with van der Waals surface area (Å²) >= 11 is 0. The fraction of sp³-hybridized carbons (Fsp3) is 0. The minimum Gasteiger partial charge on any atom is -0.294 e. The van der Waals surface area contributed by atoms with Crippen LogP contribution in [0.15, 0.2) is 176 Å². The van der Waals surface area contributed by atoms with Crippen molar-refractivity contribution in [1.82, 2.24) is 24.1 Å². The third-order valence-electron chi connectivity index (χ3n) is 9.59. The molecule has 0 aliphatic rings. The van der Waals surface area contributed by atoms with Gasteiger partial charge in [-0.1, -0.05) is 115 Å². The molecular weight excluding hydrogens is 611 g/mol. The smallest absolute Gasteiger partial charge is 0.162 e. The van der Waals surface area contributed by atoms with Crippen LogP contribution in [-0.4, -0.2) is 24.1 Å². The molecule has 0 spiro atoms. The monoisotopic (exact) mass is 639 g/mol. The third kappa shape index (κ3) is 4.52. The van der Waals surface area contributed by atoms with E-state index in [4.69, 9.17) is 15.0 Å². The van der Waals surface area contributed by atoms with Crippen molar-refractivity contribution in [2.45, 2.75) is 0 Å². The highest BCUT2D eigenvalue weighted by Gasteiger charge is 2.18. The quantitative estimate of drug-likeness (QED) is 0.188. The zero-order valence-electron chi connectivity index (χ0n) is 27.0. The first-order valence-electron chi connectivity index (χ1n) is 16.8. The molecule has 234 valence electrons. The number of pyridine rings is 1. The molecule has 0 saturated heterocycles. The summed E-state index contributed by atoms with van der Waals surface area (Å²) in [5.41, 5.74) is 10.6. The summed E-state index contributed by atoms with van der Waals surface area (Å²) in [6, 6.07) is 59.4. The van der Waals surface area contributed by atoms with Gasteiger partial charge in [0.2, 0.25) is 0 Å². The first kappa shape index (κ1) is 28.2. The van der Waals surface area contributed by atoms with Crippen LogP contribution in [0.2, 0.25) is 0 Å². The SMILES string of the molecule is c1ccc(-c2cc(-n3c4ccccc4c4cc(-c5ccc6c7cccnc7n(-c7ccccc7)c6c5)ccc43)nc(-c3ccccc3)n2)cc1. The maximum Gasteiger partial charge on any atom is 0.162 e. The second-order valence-corrected chi connectivity index (χ2v) is 12.5. The van der Waals surface area contributed by atoms with Gasteiger partial charge in [0.15, 0.2) is 5.82 Å². The predicted octanol–water partition coefficient (Wildman–Crippen LogP) is 11.1. The van der Waals surface area contributed by atoms with Crippen molar-refractivity contribution < 1.29 is 0 Å². The molecule has 6 aromatic carbocycles. The van der Waals surface area contributed by atoms with E-state index in [-0.39, 0.29) is 0 Å². The van der Waals surface area contributed by atoms with Gasteiger partial charge in [0.1, 0.15) is 11.5 Å². The molecule has 0 aliphatic carbocycles. The minimum atomic E-state index is 0.695. The van der Waals surface area contributed by atoms with Crippen molar-refractivity contribution in [2.75, 3.05) is 0 Å². The Kier molecular flexibility index (Phi) is 6.42. The van der Waals surface area contributed by atoms with Crippen molar-refractivity contribution >= 4 is 43.7 Å². The molecule has 5 heteroatoms. The van der Waals surface area contributed by atoms with Crippen LogP contribution in [0.3, 0.4) is 0 Å². The lowest BCUT2D eigenvalue weighted by Crippen LogP contribution is -2.02. The first-order chi connectivity index (χ1) is 24.8. The highest BCUT2D eigenvalue weighted by Crippen LogP contribution is 2.38. The molecule has 4 heterocycles. The topological polar surface area (TPSA) is 48.5 Å². The molecule has 5 nitrogen and oxygen atoms in total. The van der Waals surface area contributed by atoms with Crippen molar-refractivity contribution in [3.05, 3.63) is 176 Å². The van der Waals surface area contributed by atoms with Crippen LogP contribution in [0.5, 0.6) is 0 Å². The van der Waals surface area contributed by atoms with E-state index in [1.807, 2.05) is 42.6 Å². The Morgan fingerprint density at radius 2 is 1.02 bits per heavy atom. The zero-order chi connectivity index (χ0) is 33.0. The van der Waals surface area contributed by atoms with Gasteiger partial charge in [0, 0.05) is 50.6 Å². The standard InChI is InChI=1S/C45H29N5/c1-4-13-30(14-5-1)39-29-43(48-44(47-39)31-15-6-2-7-16-31)50-40-21-11-10-19-35(40)38-27-32(23-25-41(38)50)33-22-24-36-37-20-12-26-46-45(37)49(42(36)28-33)34-17-8-3-9-18-34/h1-29H. The lowest BCUT2D eigenvalue weighted by atomic mass is 10.0. The Labute approximate surface area is 288 Å². The van der Waals surface area contributed by atoms with Crippen molar-refractivity contribution in [3.8, 4) is 45.3 Å². The zero-order valence-corrected chi connectivity index (χ0v) is 27.0. The Morgan fingerprint density at radius 1 is 0.380 bits per heavy atom. The Morgan fingerprint density at radius 3 is 1.84 bits per heavy atom. The van der Waals surface area contributed by atoms with Gasteiger partial charge >= 0.3 is 0 Å². The molecule has 10 aromatic rings. The van der Waals surface area contributed by atoms with Crippen LogP contribution in [0.4, 0.5) is 0 Å². The number of fused-ring (bicyclic) bond motifs is 6. The normalized spacial score (nSPS) is 11.6. The van der Waals surface area contributed by atoms with Gasteiger partial charge in [-0.3, -0.25) is 9.13 Å². The number of benzene rings is 6. The van der Waals surface area contributed by atoms with E-state index in [2.05, 4.69) is 143 Å². The van der Waals surface area contributed by atoms with E-state index < -0.39 is 0 Å². The highest BCUT2D eigenvalue weighted by atomic mass is 15.1. The number of hydrogen-bond acceptors (Lipinski definition) is 3. The number of hydrogen-bond donors (Lipinski definition) is 0. The average Bonchev–Trinajstić information content (AvgIpc) is 3.71. The van der Waals surface area contributed by atoms with Gasteiger partial charge < -0.3 is 0 Å². The fourth-order valence-corrected chi connectivity index (χ4v) is 7.28. The molecule has 0 unspecified atom stereocenters. The van der Waals surface area contributed by atoms with Gasteiger partial charge in [-0.15, -0.1) is 0 Å². The molecule has 0 atom stereocenters. The number of para-hydroxylation sites is 2. The Bertz CT molecular complexity index is 2800. The third-order valence-corrected chi connectivity index (χ3v) is 9.59. The molecule has 10 rings (SSSR count). The lowest BCUT2D eigenvalue weighted by molar-refractivity contribution is 1.05. The molecule has 0 radical (unpaired) electrons. The van der Waals surface area contributed by atoms with Crippen molar-refractivity contribution in [2.24, 2.45) is 0 Å². The lowest BCUT2D eigenvalue weighted by Gasteiger charge is -2.12. The van der Waals surface area contributed by atoms with Crippen LogP contribution in [0, 0.1) is 0 Å². The van der Waals surface area contributed by atoms with Crippen LogP contribution in [0.25, 0.3) is 89.0 Å². The van der Waals surface area contributed by atoms with Gasteiger partial charge in [-0.05, 0) is 59.7 Å². The van der Waals surface area contributed by atoms with Crippen LogP contribution in [0.1, 0.15) is 0 Å². The Hall–Kier alpha value is -6.85. The first-order valence-corrected chi connectivity index (χ1v) is 16.8. The average molecular weight is 640 g/mol. The maximum atomic E-state index is 5.19. The van der Waals surface area contributed by atoms with Gasteiger partial charge in [-0.2, -0.15) is 0 Å². The van der Waals surface area contributed by atoms with E-state index in [0.29, 0.717) is 5.82 Å². The van der Waals surface area contributed by atoms with E-state index in [9.17, 15) is 0 Å². The fourth-order valence-electron chi connectivity index (χ4n) is 7.28. The second kappa shape index (κ2) is 11.4. The van der Waals surface area contributed by atoms with E-state index in [1.165, 1.54) is 16.2 Å². The molecule has 0 saturated carbocycles. The summed E-state index contributed by atoms with van der Waals surface area (Å²) in [5.74, 6) is 1.53.